The summed E-state index contributed by atoms with van der Waals surface area (Å²) in [5.74, 6) is 1.62. The molecule has 1 N–H and O–H groups in total. The third-order valence-corrected chi connectivity index (χ3v) is 3.75. The van der Waals surface area contributed by atoms with Crippen molar-refractivity contribution in [3.05, 3.63) is 45.9 Å². The molecule has 0 fully saturated rings. The van der Waals surface area contributed by atoms with E-state index in [1.54, 1.807) is 50.8 Å². The van der Waals surface area contributed by atoms with Crippen LogP contribution in [0.5, 0.6) is 17.2 Å². The van der Waals surface area contributed by atoms with Crippen molar-refractivity contribution in [2.75, 3.05) is 26.8 Å². The zero-order valence-corrected chi connectivity index (χ0v) is 14.4. The zero-order valence-electron chi connectivity index (χ0n) is 12.9. The van der Waals surface area contributed by atoms with Gasteiger partial charge in [-0.3, -0.25) is 5.43 Å². The van der Waals surface area contributed by atoms with E-state index in [1.807, 2.05) is 0 Å². The van der Waals surface area contributed by atoms with E-state index in [-0.39, 0.29) is 0 Å². The number of methoxy groups -OCH3 is 3. The number of benzene rings is 2. The molecule has 0 aliphatic carbocycles. The topological polar surface area (TPSA) is 52.1 Å². The highest BCUT2D eigenvalue weighted by Gasteiger charge is 2.11. The molecule has 0 spiro atoms. The van der Waals surface area contributed by atoms with Gasteiger partial charge in [-0.15, -0.1) is 0 Å². The van der Waals surface area contributed by atoms with E-state index in [1.165, 1.54) is 7.11 Å². The molecule has 2 aromatic rings. The molecule has 0 amide bonds. The van der Waals surface area contributed by atoms with Crippen molar-refractivity contribution in [3.8, 4) is 17.2 Å². The Labute approximate surface area is 144 Å². The number of anilines is 1. The van der Waals surface area contributed by atoms with E-state index < -0.39 is 0 Å². The maximum atomic E-state index is 6.28. The molecule has 23 heavy (non-hydrogen) atoms. The quantitative estimate of drug-likeness (QED) is 0.614. The maximum absolute atomic E-state index is 6.28. The molecule has 122 valence electrons. The third-order valence-electron chi connectivity index (χ3n) is 3.06. The summed E-state index contributed by atoms with van der Waals surface area (Å²) in [4.78, 5) is 0. The van der Waals surface area contributed by atoms with E-state index in [0.29, 0.717) is 32.9 Å². The van der Waals surface area contributed by atoms with E-state index in [0.717, 1.165) is 5.69 Å². The summed E-state index contributed by atoms with van der Waals surface area (Å²) >= 11 is 12.3. The Morgan fingerprint density at radius 3 is 2.26 bits per heavy atom. The molecule has 7 heteroatoms. The number of rotatable bonds is 6. The van der Waals surface area contributed by atoms with E-state index in [4.69, 9.17) is 37.4 Å². The maximum Gasteiger partial charge on any atom is 0.180 e. The lowest BCUT2D eigenvalue weighted by Gasteiger charge is -2.10. The molecule has 0 aliphatic heterocycles. The number of hydrogen-bond donors (Lipinski definition) is 1. The molecule has 5 nitrogen and oxygen atoms in total. The SMILES string of the molecule is COc1ccc(N/N=C/c2ccc(OC)c(OC)c2Cl)cc1Cl. The summed E-state index contributed by atoms with van der Waals surface area (Å²) in [6.07, 6.45) is 1.59. The van der Waals surface area contributed by atoms with Gasteiger partial charge in [0, 0.05) is 5.56 Å². The van der Waals surface area contributed by atoms with Crippen LogP contribution in [0.15, 0.2) is 35.4 Å². The Morgan fingerprint density at radius 2 is 1.65 bits per heavy atom. The van der Waals surface area contributed by atoms with Gasteiger partial charge < -0.3 is 14.2 Å². The van der Waals surface area contributed by atoms with Crippen LogP contribution in [0.2, 0.25) is 10.0 Å². The molecule has 2 aromatic carbocycles. The first kappa shape index (κ1) is 17.2. The molecular formula is C16H16Cl2N2O3. The van der Waals surface area contributed by atoms with Crippen LogP contribution in [0.25, 0.3) is 0 Å². The Balaban J connectivity index is 2.16. The van der Waals surface area contributed by atoms with Gasteiger partial charge in [0.2, 0.25) is 0 Å². The van der Waals surface area contributed by atoms with Crippen LogP contribution in [0.3, 0.4) is 0 Å². The van der Waals surface area contributed by atoms with E-state index >= 15 is 0 Å². The van der Waals surface area contributed by atoms with Gasteiger partial charge in [0.1, 0.15) is 5.75 Å². The Hall–Kier alpha value is -2.11. The van der Waals surface area contributed by atoms with Crippen LogP contribution in [0, 0.1) is 0 Å². The highest BCUT2D eigenvalue weighted by atomic mass is 35.5. The van der Waals surface area contributed by atoms with Crippen molar-refractivity contribution in [2.45, 2.75) is 0 Å². The number of ether oxygens (including phenoxy) is 3. The molecule has 0 saturated carbocycles. The first-order valence-electron chi connectivity index (χ1n) is 6.63. The van der Waals surface area contributed by atoms with Crippen molar-refractivity contribution in [2.24, 2.45) is 5.10 Å². The standard InChI is InChI=1S/C16H16Cl2N2O3/c1-21-13-7-5-11(8-12(13)17)20-19-9-10-4-6-14(22-2)16(23-3)15(10)18/h4-9,20H,1-3H3/b19-9+. The average Bonchev–Trinajstić information content (AvgIpc) is 2.56. The second-order valence-corrected chi connectivity index (χ2v) is 5.21. The number of hydrazone groups is 1. The van der Waals surface area contributed by atoms with Crippen LogP contribution >= 0.6 is 23.2 Å². The molecular weight excluding hydrogens is 339 g/mol. The molecule has 0 radical (unpaired) electrons. The highest BCUT2D eigenvalue weighted by molar-refractivity contribution is 6.34. The summed E-state index contributed by atoms with van der Waals surface area (Å²) in [5.41, 5.74) is 4.29. The van der Waals surface area contributed by atoms with Gasteiger partial charge in [0.25, 0.3) is 0 Å². The molecule has 0 atom stereocenters. The fourth-order valence-corrected chi connectivity index (χ4v) is 2.46. The minimum atomic E-state index is 0.421. The minimum Gasteiger partial charge on any atom is -0.495 e. The lowest BCUT2D eigenvalue weighted by Crippen LogP contribution is -1.96. The predicted molar refractivity (Wildman–Crippen MR) is 93.8 cm³/mol. The number of nitrogens with one attached hydrogen (secondary N) is 1. The lowest BCUT2D eigenvalue weighted by molar-refractivity contribution is 0.355. The average molecular weight is 355 g/mol. The largest absolute Gasteiger partial charge is 0.495 e. The van der Waals surface area contributed by atoms with Gasteiger partial charge in [-0.25, -0.2) is 0 Å². The summed E-state index contributed by atoms with van der Waals surface area (Å²) in [6.45, 7) is 0. The first-order chi connectivity index (χ1) is 11.1. The second kappa shape index (κ2) is 7.94. The summed E-state index contributed by atoms with van der Waals surface area (Å²) in [6, 6.07) is 8.82. The van der Waals surface area contributed by atoms with Crippen molar-refractivity contribution in [1.82, 2.24) is 0 Å². The Kier molecular flexibility index (Phi) is 5.96. The molecule has 0 unspecified atom stereocenters. The summed E-state index contributed by atoms with van der Waals surface area (Å²) in [5, 5.41) is 5.06. The molecule has 0 heterocycles. The summed E-state index contributed by atoms with van der Waals surface area (Å²) < 4.78 is 15.5. The van der Waals surface area contributed by atoms with Gasteiger partial charge in [-0.2, -0.15) is 5.10 Å². The number of halogens is 2. The van der Waals surface area contributed by atoms with Gasteiger partial charge in [0.05, 0.1) is 43.3 Å². The normalized spacial score (nSPS) is 10.7. The van der Waals surface area contributed by atoms with Crippen LogP contribution in [0.4, 0.5) is 5.69 Å². The minimum absolute atomic E-state index is 0.421. The van der Waals surface area contributed by atoms with Gasteiger partial charge >= 0.3 is 0 Å². The predicted octanol–water partition coefficient (Wildman–Crippen LogP) is 4.47. The zero-order chi connectivity index (χ0) is 16.8. The molecule has 0 aromatic heterocycles. The van der Waals surface area contributed by atoms with E-state index in [2.05, 4.69) is 10.5 Å². The Morgan fingerprint density at radius 1 is 0.957 bits per heavy atom. The smallest absolute Gasteiger partial charge is 0.180 e. The van der Waals surface area contributed by atoms with E-state index in [9.17, 15) is 0 Å². The lowest BCUT2D eigenvalue weighted by atomic mass is 10.2. The van der Waals surface area contributed by atoms with Crippen molar-refractivity contribution in [1.29, 1.82) is 0 Å². The van der Waals surface area contributed by atoms with Gasteiger partial charge in [-0.05, 0) is 30.3 Å². The monoisotopic (exact) mass is 354 g/mol. The van der Waals surface area contributed by atoms with Crippen LogP contribution in [0.1, 0.15) is 5.56 Å². The molecule has 0 aliphatic rings. The molecule has 2 rings (SSSR count). The van der Waals surface area contributed by atoms with Crippen molar-refractivity contribution in [3.63, 3.8) is 0 Å². The Bertz CT molecular complexity index is 721. The number of nitrogens with zero attached hydrogens (tertiary/aromatic N) is 1. The highest BCUT2D eigenvalue weighted by Crippen LogP contribution is 2.36. The van der Waals surface area contributed by atoms with Gasteiger partial charge in [0.15, 0.2) is 11.5 Å². The second-order valence-electron chi connectivity index (χ2n) is 4.42. The van der Waals surface area contributed by atoms with Crippen molar-refractivity contribution < 1.29 is 14.2 Å². The molecule has 0 bridgehead atoms. The summed E-state index contributed by atoms with van der Waals surface area (Å²) in [7, 11) is 4.64. The van der Waals surface area contributed by atoms with Crippen molar-refractivity contribution >= 4 is 35.1 Å². The fraction of sp³-hybridized carbons (Fsp3) is 0.188. The first-order valence-corrected chi connectivity index (χ1v) is 7.39. The fourth-order valence-electron chi connectivity index (χ4n) is 1.92. The molecule has 0 saturated heterocycles. The van der Waals surface area contributed by atoms with Gasteiger partial charge in [-0.1, -0.05) is 23.2 Å². The van der Waals surface area contributed by atoms with Crippen LogP contribution in [-0.4, -0.2) is 27.5 Å². The van der Waals surface area contributed by atoms with Crippen LogP contribution in [-0.2, 0) is 0 Å². The number of hydrogen-bond acceptors (Lipinski definition) is 5. The third kappa shape index (κ3) is 4.00. The van der Waals surface area contributed by atoms with Crippen LogP contribution < -0.4 is 19.6 Å².